The molecule has 0 aliphatic rings. The molecular weight excluding hydrogens is 194 g/mol. The molecule has 0 saturated carbocycles. The van der Waals surface area contributed by atoms with Crippen molar-refractivity contribution in [2.45, 2.75) is 33.2 Å². The van der Waals surface area contributed by atoms with Gasteiger partial charge in [-0.3, -0.25) is 4.79 Å². The maximum Gasteiger partial charge on any atom is 0.183 e. The van der Waals surface area contributed by atoms with Gasteiger partial charge in [0.05, 0.1) is 5.54 Å². The first-order chi connectivity index (χ1) is 6.49. The minimum Gasteiger partial charge on any atom is -0.305 e. The van der Waals surface area contributed by atoms with Gasteiger partial charge in [-0.2, -0.15) is 0 Å². The third-order valence-corrected chi connectivity index (χ3v) is 3.14. The molecule has 1 aromatic heterocycles. The monoisotopic (exact) mass is 211 g/mol. The summed E-state index contributed by atoms with van der Waals surface area (Å²) in [6, 6.07) is 1.90. The third kappa shape index (κ3) is 2.22. The standard InChI is InChI=1S/C11H17NOS/c1-5-12-11(3,4)10(13)9-6-7-14-8(9)2/h6-7,12H,5H2,1-4H3. The van der Waals surface area contributed by atoms with Crippen LogP contribution >= 0.6 is 11.3 Å². The van der Waals surface area contributed by atoms with E-state index < -0.39 is 5.54 Å². The Morgan fingerprint density at radius 3 is 2.64 bits per heavy atom. The van der Waals surface area contributed by atoms with Gasteiger partial charge in [-0.25, -0.2) is 0 Å². The molecule has 0 radical (unpaired) electrons. The number of ketones is 1. The van der Waals surface area contributed by atoms with E-state index in [1.54, 1.807) is 11.3 Å². The highest BCUT2D eigenvalue weighted by Gasteiger charge is 2.28. The van der Waals surface area contributed by atoms with E-state index in [9.17, 15) is 4.79 Å². The van der Waals surface area contributed by atoms with Crippen molar-refractivity contribution in [3.63, 3.8) is 0 Å². The normalized spacial score (nSPS) is 11.7. The quantitative estimate of drug-likeness (QED) is 0.776. The van der Waals surface area contributed by atoms with Crippen LogP contribution in [-0.2, 0) is 0 Å². The molecule has 0 unspecified atom stereocenters. The zero-order valence-corrected chi connectivity index (χ0v) is 9.99. The lowest BCUT2D eigenvalue weighted by molar-refractivity contribution is 0.0884. The fourth-order valence-electron chi connectivity index (χ4n) is 1.48. The number of aryl methyl sites for hydroxylation is 1. The van der Waals surface area contributed by atoms with E-state index in [0.29, 0.717) is 0 Å². The minimum atomic E-state index is -0.458. The third-order valence-electron chi connectivity index (χ3n) is 2.29. The van der Waals surface area contributed by atoms with Gasteiger partial charge >= 0.3 is 0 Å². The number of thiophene rings is 1. The molecule has 0 bridgehead atoms. The van der Waals surface area contributed by atoms with E-state index in [1.165, 1.54) is 0 Å². The number of carbonyl (C=O) groups excluding carboxylic acids is 1. The Hall–Kier alpha value is -0.670. The maximum absolute atomic E-state index is 12.1. The molecule has 1 aromatic rings. The van der Waals surface area contributed by atoms with E-state index in [1.807, 2.05) is 39.1 Å². The van der Waals surface area contributed by atoms with Crippen molar-refractivity contribution in [2.75, 3.05) is 6.54 Å². The number of rotatable bonds is 4. The summed E-state index contributed by atoms with van der Waals surface area (Å²) in [7, 11) is 0. The van der Waals surface area contributed by atoms with Gasteiger partial charge in [0.2, 0.25) is 0 Å². The molecular formula is C11H17NOS. The van der Waals surface area contributed by atoms with E-state index in [4.69, 9.17) is 0 Å². The number of Topliss-reactive ketones (excluding diaryl/α,β-unsaturated/α-hetero) is 1. The topological polar surface area (TPSA) is 29.1 Å². The molecule has 0 atom stereocenters. The zero-order valence-electron chi connectivity index (χ0n) is 9.18. The van der Waals surface area contributed by atoms with Crippen molar-refractivity contribution >= 4 is 17.1 Å². The van der Waals surface area contributed by atoms with Gasteiger partial charge in [-0.1, -0.05) is 6.92 Å². The Kier molecular flexibility index (Phi) is 3.45. The first kappa shape index (κ1) is 11.4. The molecule has 0 aliphatic carbocycles. The van der Waals surface area contributed by atoms with Crippen LogP contribution < -0.4 is 5.32 Å². The van der Waals surface area contributed by atoms with E-state index >= 15 is 0 Å². The molecule has 1 rings (SSSR count). The fraction of sp³-hybridized carbons (Fsp3) is 0.545. The molecule has 1 N–H and O–H groups in total. The van der Waals surface area contributed by atoms with Crippen molar-refractivity contribution in [3.8, 4) is 0 Å². The first-order valence-electron chi connectivity index (χ1n) is 4.83. The fourth-order valence-corrected chi connectivity index (χ4v) is 2.18. The number of carbonyl (C=O) groups is 1. The summed E-state index contributed by atoms with van der Waals surface area (Å²) in [4.78, 5) is 13.2. The van der Waals surface area contributed by atoms with Crippen LogP contribution in [0.4, 0.5) is 0 Å². The summed E-state index contributed by atoms with van der Waals surface area (Å²) < 4.78 is 0. The molecule has 0 aliphatic heterocycles. The summed E-state index contributed by atoms with van der Waals surface area (Å²) in [5.74, 6) is 0.179. The second-order valence-electron chi connectivity index (χ2n) is 3.87. The lowest BCUT2D eigenvalue weighted by Crippen LogP contribution is -2.46. The Morgan fingerprint density at radius 1 is 1.57 bits per heavy atom. The van der Waals surface area contributed by atoms with Crippen molar-refractivity contribution in [3.05, 3.63) is 21.9 Å². The Bertz CT molecular complexity index is 328. The van der Waals surface area contributed by atoms with E-state index in [2.05, 4.69) is 5.32 Å². The summed E-state index contributed by atoms with van der Waals surface area (Å²) in [6.45, 7) is 8.66. The number of nitrogens with one attached hydrogen (secondary N) is 1. The molecule has 14 heavy (non-hydrogen) atoms. The van der Waals surface area contributed by atoms with E-state index in [0.717, 1.165) is 17.0 Å². The lowest BCUT2D eigenvalue weighted by Gasteiger charge is -2.23. The molecule has 0 saturated heterocycles. The van der Waals surface area contributed by atoms with Crippen molar-refractivity contribution < 1.29 is 4.79 Å². The average Bonchev–Trinajstić information content (AvgIpc) is 2.50. The van der Waals surface area contributed by atoms with Gasteiger partial charge < -0.3 is 5.32 Å². The molecule has 0 aromatic carbocycles. The van der Waals surface area contributed by atoms with Gasteiger partial charge in [0.15, 0.2) is 5.78 Å². The summed E-state index contributed by atoms with van der Waals surface area (Å²) in [5.41, 5.74) is 0.390. The Labute approximate surface area is 89.3 Å². The summed E-state index contributed by atoms with van der Waals surface area (Å²) >= 11 is 1.62. The highest BCUT2D eigenvalue weighted by atomic mass is 32.1. The van der Waals surface area contributed by atoms with Gasteiger partial charge in [0.1, 0.15) is 0 Å². The molecule has 1 heterocycles. The summed E-state index contributed by atoms with van der Waals surface area (Å²) in [5, 5.41) is 5.16. The number of hydrogen-bond acceptors (Lipinski definition) is 3. The molecule has 78 valence electrons. The van der Waals surface area contributed by atoms with Gasteiger partial charge in [-0.15, -0.1) is 11.3 Å². The smallest absolute Gasteiger partial charge is 0.183 e. The lowest BCUT2D eigenvalue weighted by atomic mass is 9.93. The number of likely N-dealkylation sites (N-methyl/N-ethyl adjacent to an activating group) is 1. The van der Waals surface area contributed by atoms with Crippen LogP contribution in [-0.4, -0.2) is 17.9 Å². The second kappa shape index (κ2) is 4.24. The Morgan fingerprint density at radius 2 is 2.21 bits per heavy atom. The highest BCUT2D eigenvalue weighted by molar-refractivity contribution is 7.10. The second-order valence-corrected chi connectivity index (χ2v) is 5.00. The molecule has 0 amide bonds. The Balaban J connectivity index is 2.90. The number of hydrogen-bond donors (Lipinski definition) is 1. The van der Waals surface area contributed by atoms with Gasteiger partial charge in [0, 0.05) is 10.4 Å². The first-order valence-corrected chi connectivity index (χ1v) is 5.71. The van der Waals surface area contributed by atoms with Crippen LogP contribution in [0, 0.1) is 6.92 Å². The molecule has 3 heteroatoms. The van der Waals surface area contributed by atoms with Crippen LogP contribution in [0.2, 0.25) is 0 Å². The van der Waals surface area contributed by atoms with E-state index in [-0.39, 0.29) is 5.78 Å². The molecule has 0 fully saturated rings. The molecule has 0 spiro atoms. The minimum absolute atomic E-state index is 0.179. The SMILES string of the molecule is CCNC(C)(C)C(=O)c1ccsc1C. The van der Waals surface area contributed by atoms with Gasteiger partial charge in [-0.05, 0) is 38.8 Å². The van der Waals surface area contributed by atoms with Crippen LogP contribution in [0.3, 0.4) is 0 Å². The highest BCUT2D eigenvalue weighted by Crippen LogP contribution is 2.20. The summed E-state index contributed by atoms with van der Waals surface area (Å²) in [6.07, 6.45) is 0. The van der Waals surface area contributed by atoms with Crippen LogP contribution in [0.25, 0.3) is 0 Å². The average molecular weight is 211 g/mol. The van der Waals surface area contributed by atoms with Crippen molar-refractivity contribution in [2.24, 2.45) is 0 Å². The predicted octanol–water partition coefficient (Wildman–Crippen LogP) is 2.63. The maximum atomic E-state index is 12.1. The van der Waals surface area contributed by atoms with Crippen LogP contribution in [0.1, 0.15) is 36.0 Å². The van der Waals surface area contributed by atoms with Crippen LogP contribution in [0.15, 0.2) is 11.4 Å². The molecule has 2 nitrogen and oxygen atoms in total. The van der Waals surface area contributed by atoms with Crippen LogP contribution in [0.5, 0.6) is 0 Å². The largest absolute Gasteiger partial charge is 0.305 e. The predicted molar refractivity (Wildman–Crippen MR) is 61.1 cm³/mol. The van der Waals surface area contributed by atoms with Gasteiger partial charge in [0.25, 0.3) is 0 Å². The van der Waals surface area contributed by atoms with Crippen molar-refractivity contribution in [1.29, 1.82) is 0 Å². The van der Waals surface area contributed by atoms with Crippen molar-refractivity contribution in [1.82, 2.24) is 5.32 Å². The zero-order chi connectivity index (χ0) is 10.8.